The number of amides is 1. The fraction of sp³-hybridized carbons (Fsp3) is 0.125. The number of carbonyl (C=O) groups is 2. The lowest BCUT2D eigenvalue weighted by Crippen LogP contribution is -2.42. The van der Waals surface area contributed by atoms with E-state index in [0.29, 0.717) is 5.56 Å². The average molecular weight is 317 g/mol. The van der Waals surface area contributed by atoms with Crippen LogP contribution in [0.1, 0.15) is 15.9 Å². The second-order valence-electron chi connectivity index (χ2n) is 4.94. The van der Waals surface area contributed by atoms with Crippen molar-refractivity contribution < 1.29 is 30.0 Å². The van der Waals surface area contributed by atoms with Crippen molar-refractivity contribution >= 4 is 11.9 Å². The van der Waals surface area contributed by atoms with Gasteiger partial charge in [-0.3, -0.25) is 4.79 Å². The van der Waals surface area contributed by atoms with Gasteiger partial charge >= 0.3 is 5.97 Å². The lowest BCUT2D eigenvalue weighted by molar-refractivity contribution is -0.139. The van der Waals surface area contributed by atoms with Gasteiger partial charge in [0, 0.05) is 12.5 Å². The normalized spacial score (nSPS) is 11.7. The van der Waals surface area contributed by atoms with E-state index in [1.165, 1.54) is 24.3 Å². The Morgan fingerprint density at radius 2 is 1.57 bits per heavy atom. The Balaban J connectivity index is 2.14. The molecule has 2 rings (SSSR count). The molecule has 0 aliphatic carbocycles. The predicted molar refractivity (Wildman–Crippen MR) is 80.5 cm³/mol. The fourth-order valence-electron chi connectivity index (χ4n) is 2.02. The SMILES string of the molecule is O=C(N[C@@H](Cc1ccc(O)cc1)C(=O)O)c1ccc(O)cc1O. The molecule has 0 aromatic heterocycles. The third-order valence-corrected chi connectivity index (χ3v) is 3.21. The topological polar surface area (TPSA) is 127 Å². The van der Waals surface area contributed by atoms with Crippen molar-refractivity contribution in [3.8, 4) is 17.2 Å². The summed E-state index contributed by atoms with van der Waals surface area (Å²) in [6.45, 7) is 0. The molecule has 7 nitrogen and oxygen atoms in total. The van der Waals surface area contributed by atoms with E-state index in [2.05, 4.69) is 5.32 Å². The van der Waals surface area contributed by atoms with E-state index in [4.69, 9.17) is 0 Å². The van der Waals surface area contributed by atoms with Gasteiger partial charge < -0.3 is 25.7 Å². The summed E-state index contributed by atoms with van der Waals surface area (Å²) < 4.78 is 0. The van der Waals surface area contributed by atoms with Crippen LogP contribution in [-0.4, -0.2) is 38.3 Å². The van der Waals surface area contributed by atoms with Gasteiger partial charge in [0.2, 0.25) is 0 Å². The van der Waals surface area contributed by atoms with Crippen LogP contribution in [0, 0.1) is 0 Å². The molecule has 0 aliphatic heterocycles. The fourth-order valence-corrected chi connectivity index (χ4v) is 2.02. The average Bonchev–Trinajstić information content (AvgIpc) is 2.48. The molecule has 1 amide bonds. The molecule has 1 atom stereocenters. The zero-order chi connectivity index (χ0) is 17.0. The van der Waals surface area contributed by atoms with Crippen molar-refractivity contribution in [2.24, 2.45) is 0 Å². The third-order valence-electron chi connectivity index (χ3n) is 3.21. The Kier molecular flexibility index (Phi) is 4.70. The molecule has 2 aromatic rings. The molecule has 0 aliphatic rings. The molecule has 120 valence electrons. The molecule has 0 unspecified atom stereocenters. The number of nitrogens with one attached hydrogen (secondary N) is 1. The number of carboxylic acids is 1. The number of benzene rings is 2. The van der Waals surface area contributed by atoms with Gasteiger partial charge in [-0.1, -0.05) is 12.1 Å². The summed E-state index contributed by atoms with van der Waals surface area (Å²) in [6, 6.07) is 8.13. The number of aliphatic carboxylic acids is 1. The van der Waals surface area contributed by atoms with E-state index >= 15 is 0 Å². The smallest absolute Gasteiger partial charge is 0.326 e. The lowest BCUT2D eigenvalue weighted by atomic mass is 10.0. The zero-order valence-electron chi connectivity index (χ0n) is 11.9. The van der Waals surface area contributed by atoms with E-state index in [-0.39, 0.29) is 23.5 Å². The standard InChI is InChI=1S/C16H15NO6/c18-10-3-1-9(2-4-10)7-13(16(22)23)17-15(21)12-6-5-11(19)8-14(12)20/h1-6,8,13,18-20H,7H2,(H,17,21)(H,22,23)/t13-/m0/s1. The van der Waals surface area contributed by atoms with Gasteiger partial charge in [0.15, 0.2) is 0 Å². The first-order valence-corrected chi connectivity index (χ1v) is 6.70. The van der Waals surface area contributed by atoms with Crippen molar-refractivity contribution in [2.75, 3.05) is 0 Å². The van der Waals surface area contributed by atoms with Crippen LogP contribution < -0.4 is 5.32 Å². The van der Waals surface area contributed by atoms with E-state index in [1.54, 1.807) is 12.1 Å². The summed E-state index contributed by atoms with van der Waals surface area (Å²) in [4.78, 5) is 23.4. The molecule has 7 heteroatoms. The predicted octanol–water partition coefficient (Wildman–Crippen LogP) is 1.23. The van der Waals surface area contributed by atoms with Gasteiger partial charge in [0.1, 0.15) is 23.3 Å². The molecule has 0 heterocycles. The van der Waals surface area contributed by atoms with Crippen molar-refractivity contribution in [3.05, 3.63) is 53.6 Å². The lowest BCUT2D eigenvalue weighted by Gasteiger charge is -2.15. The summed E-state index contributed by atoms with van der Waals surface area (Å²) >= 11 is 0. The largest absolute Gasteiger partial charge is 0.508 e. The van der Waals surface area contributed by atoms with Gasteiger partial charge in [-0.25, -0.2) is 4.79 Å². The van der Waals surface area contributed by atoms with Gasteiger partial charge in [-0.05, 0) is 29.8 Å². The molecule has 23 heavy (non-hydrogen) atoms. The summed E-state index contributed by atoms with van der Waals surface area (Å²) in [7, 11) is 0. The van der Waals surface area contributed by atoms with Gasteiger partial charge in [-0.2, -0.15) is 0 Å². The first-order valence-electron chi connectivity index (χ1n) is 6.70. The van der Waals surface area contributed by atoms with Crippen LogP contribution in [0.5, 0.6) is 17.2 Å². The summed E-state index contributed by atoms with van der Waals surface area (Å²) in [5, 5.41) is 39.6. The van der Waals surface area contributed by atoms with Gasteiger partial charge in [-0.15, -0.1) is 0 Å². The molecule has 0 saturated heterocycles. The van der Waals surface area contributed by atoms with Crippen LogP contribution in [0.2, 0.25) is 0 Å². The number of aromatic hydroxyl groups is 3. The van der Waals surface area contributed by atoms with Crippen molar-refractivity contribution in [3.63, 3.8) is 0 Å². The number of rotatable bonds is 5. The maximum Gasteiger partial charge on any atom is 0.326 e. The highest BCUT2D eigenvalue weighted by Gasteiger charge is 2.22. The minimum atomic E-state index is -1.23. The van der Waals surface area contributed by atoms with Crippen LogP contribution >= 0.6 is 0 Å². The second kappa shape index (κ2) is 6.69. The molecule has 0 radical (unpaired) electrons. The second-order valence-corrected chi connectivity index (χ2v) is 4.94. The highest BCUT2D eigenvalue weighted by Crippen LogP contribution is 2.22. The van der Waals surface area contributed by atoms with Crippen molar-refractivity contribution in [1.29, 1.82) is 0 Å². The van der Waals surface area contributed by atoms with Crippen LogP contribution in [0.3, 0.4) is 0 Å². The van der Waals surface area contributed by atoms with E-state index in [0.717, 1.165) is 6.07 Å². The van der Waals surface area contributed by atoms with Crippen LogP contribution in [-0.2, 0) is 11.2 Å². The Bertz CT molecular complexity index is 726. The number of phenols is 3. The number of hydrogen-bond donors (Lipinski definition) is 5. The third kappa shape index (κ3) is 4.13. The maximum absolute atomic E-state index is 12.1. The van der Waals surface area contributed by atoms with Gasteiger partial charge in [0.05, 0.1) is 5.56 Å². The molecule has 0 spiro atoms. The number of carboxylic acid groups (broad SMARTS) is 1. The van der Waals surface area contributed by atoms with E-state index in [1.807, 2.05) is 0 Å². The van der Waals surface area contributed by atoms with Crippen LogP contribution in [0.4, 0.5) is 0 Å². The monoisotopic (exact) mass is 317 g/mol. The first-order chi connectivity index (χ1) is 10.9. The summed E-state index contributed by atoms with van der Waals surface area (Å²) in [6.07, 6.45) is 0.0141. The quantitative estimate of drug-likeness (QED) is 0.564. The summed E-state index contributed by atoms with van der Waals surface area (Å²) in [5.74, 6) is -2.61. The van der Waals surface area contributed by atoms with Crippen LogP contribution in [0.25, 0.3) is 0 Å². The Morgan fingerprint density at radius 1 is 0.957 bits per heavy atom. The number of hydrogen-bond acceptors (Lipinski definition) is 5. The van der Waals surface area contributed by atoms with E-state index in [9.17, 15) is 30.0 Å². The number of phenolic OH excluding ortho intramolecular Hbond substituents is 3. The minimum Gasteiger partial charge on any atom is -0.508 e. The highest BCUT2D eigenvalue weighted by molar-refractivity contribution is 5.99. The number of carbonyl (C=O) groups excluding carboxylic acids is 1. The van der Waals surface area contributed by atoms with Crippen molar-refractivity contribution in [2.45, 2.75) is 12.5 Å². The molecule has 0 fully saturated rings. The van der Waals surface area contributed by atoms with Crippen LogP contribution in [0.15, 0.2) is 42.5 Å². The molecule has 2 aromatic carbocycles. The molecule has 0 saturated carbocycles. The molecule has 0 bridgehead atoms. The Hall–Kier alpha value is -3.22. The Labute approximate surface area is 131 Å². The summed E-state index contributed by atoms with van der Waals surface area (Å²) in [5.41, 5.74) is 0.477. The highest BCUT2D eigenvalue weighted by atomic mass is 16.4. The first kappa shape index (κ1) is 16.2. The minimum absolute atomic E-state index is 0.0141. The molecular weight excluding hydrogens is 302 g/mol. The molecular formula is C16H15NO6. The van der Waals surface area contributed by atoms with E-state index < -0.39 is 23.7 Å². The maximum atomic E-state index is 12.1. The van der Waals surface area contributed by atoms with Crippen molar-refractivity contribution in [1.82, 2.24) is 5.32 Å². The zero-order valence-corrected chi connectivity index (χ0v) is 11.9. The van der Waals surface area contributed by atoms with Gasteiger partial charge in [0.25, 0.3) is 5.91 Å². The molecule has 5 N–H and O–H groups in total. The Morgan fingerprint density at radius 3 is 2.13 bits per heavy atom.